The molecular formula is C17H28N2O2. The summed E-state index contributed by atoms with van der Waals surface area (Å²) in [7, 11) is 0. The molecule has 1 aromatic carbocycles. The van der Waals surface area contributed by atoms with Crippen LogP contribution in [0, 0.1) is 0 Å². The molecule has 0 fully saturated rings. The summed E-state index contributed by atoms with van der Waals surface area (Å²) in [5.74, 6) is -0.0312. The number of anilines is 1. The number of unbranched alkanes of at least 4 members (excludes halogenated alkanes) is 2. The Hall–Kier alpha value is -1.55. The molecule has 0 unspecified atom stereocenters. The first-order chi connectivity index (χ1) is 9.98. The highest BCUT2D eigenvalue weighted by Crippen LogP contribution is 2.13. The van der Waals surface area contributed by atoms with Crippen LogP contribution < -0.4 is 10.6 Å². The van der Waals surface area contributed by atoms with Gasteiger partial charge in [0.05, 0.1) is 0 Å². The molecule has 0 radical (unpaired) electrons. The van der Waals surface area contributed by atoms with E-state index in [1.807, 2.05) is 38.1 Å². The number of rotatable bonds is 9. The quantitative estimate of drug-likeness (QED) is 0.613. The molecule has 0 heterocycles. The van der Waals surface area contributed by atoms with Gasteiger partial charge in [-0.2, -0.15) is 0 Å². The summed E-state index contributed by atoms with van der Waals surface area (Å²) < 4.78 is 0. The largest absolute Gasteiger partial charge is 0.396 e. The minimum Gasteiger partial charge on any atom is -0.396 e. The zero-order valence-electron chi connectivity index (χ0n) is 13.4. The Bertz CT molecular complexity index is 427. The van der Waals surface area contributed by atoms with E-state index in [-0.39, 0.29) is 18.1 Å². The minimum atomic E-state index is -0.180. The van der Waals surface area contributed by atoms with Crippen LogP contribution in [0.4, 0.5) is 5.69 Å². The predicted molar refractivity (Wildman–Crippen MR) is 87.7 cm³/mol. The molecule has 0 aliphatic heterocycles. The van der Waals surface area contributed by atoms with Crippen molar-refractivity contribution in [3.63, 3.8) is 0 Å². The van der Waals surface area contributed by atoms with Crippen molar-refractivity contribution in [2.45, 2.75) is 52.0 Å². The minimum absolute atomic E-state index is 0.0312. The highest BCUT2D eigenvalue weighted by molar-refractivity contribution is 5.94. The van der Waals surface area contributed by atoms with E-state index >= 15 is 0 Å². The lowest BCUT2D eigenvalue weighted by Gasteiger charge is -2.24. The van der Waals surface area contributed by atoms with Crippen LogP contribution in [0.1, 0.15) is 56.8 Å². The Labute approximate surface area is 128 Å². The molecule has 1 rings (SSSR count). The van der Waals surface area contributed by atoms with E-state index in [1.165, 1.54) is 0 Å². The third kappa shape index (κ3) is 6.63. The van der Waals surface area contributed by atoms with Gasteiger partial charge in [0.2, 0.25) is 0 Å². The molecule has 1 amide bonds. The molecule has 3 N–H and O–H groups in total. The molecule has 0 saturated carbocycles. The highest BCUT2D eigenvalue weighted by atomic mass is 16.2. The smallest absolute Gasteiger partial charge is 0.251 e. The standard InChI is InChI=1S/C17H28N2O2/c1-4-17(2,3)19-16(21)14-8-10-15(11-9-14)18-12-6-5-7-13-20/h8-11,18,20H,4-7,12-13H2,1-3H3,(H,19,21). The van der Waals surface area contributed by atoms with E-state index in [0.29, 0.717) is 5.56 Å². The van der Waals surface area contributed by atoms with E-state index in [9.17, 15) is 4.79 Å². The Morgan fingerprint density at radius 2 is 1.81 bits per heavy atom. The van der Waals surface area contributed by atoms with Crippen molar-refractivity contribution in [2.24, 2.45) is 0 Å². The first kappa shape index (κ1) is 17.5. The first-order valence-electron chi connectivity index (χ1n) is 7.76. The van der Waals surface area contributed by atoms with Gasteiger partial charge in [0.1, 0.15) is 0 Å². The Balaban J connectivity index is 2.44. The van der Waals surface area contributed by atoms with Crippen LogP contribution in [-0.4, -0.2) is 29.7 Å². The molecular weight excluding hydrogens is 264 g/mol. The van der Waals surface area contributed by atoms with E-state index < -0.39 is 0 Å². The van der Waals surface area contributed by atoms with Gasteiger partial charge in [-0.15, -0.1) is 0 Å². The molecule has 0 aromatic heterocycles. The molecule has 0 aliphatic rings. The second-order valence-corrected chi connectivity index (χ2v) is 5.98. The topological polar surface area (TPSA) is 61.4 Å². The fraction of sp³-hybridized carbons (Fsp3) is 0.588. The van der Waals surface area contributed by atoms with Gasteiger partial charge in [-0.05, 0) is 63.8 Å². The fourth-order valence-corrected chi connectivity index (χ4v) is 1.85. The van der Waals surface area contributed by atoms with Gasteiger partial charge in [-0.3, -0.25) is 4.79 Å². The van der Waals surface area contributed by atoms with Crippen molar-refractivity contribution in [1.29, 1.82) is 0 Å². The van der Waals surface area contributed by atoms with Crippen LogP contribution in [0.5, 0.6) is 0 Å². The number of benzene rings is 1. The summed E-state index contributed by atoms with van der Waals surface area (Å²) in [5, 5.41) is 15.0. The highest BCUT2D eigenvalue weighted by Gasteiger charge is 2.18. The summed E-state index contributed by atoms with van der Waals surface area (Å²) in [4.78, 5) is 12.1. The molecule has 1 aromatic rings. The second kappa shape index (κ2) is 8.67. The number of aliphatic hydroxyl groups excluding tert-OH is 1. The van der Waals surface area contributed by atoms with Gasteiger partial charge in [-0.1, -0.05) is 6.92 Å². The summed E-state index contributed by atoms with van der Waals surface area (Å²) in [6, 6.07) is 7.55. The third-order valence-corrected chi connectivity index (χ3v) is 3.65. The number of nitrogens with one attached hydrogen (secondary N) is 2. The van der Waals surface area contributed by atoms with Gasteiger partial charge >= 0.3 is 0 Å². The van der Waals surface area contributed by atoms with Gasteiger partial charge in [0.15, 0.2) is 0 Å². The first-order valence-corrected chi connectivity index (χ1v) is 7.76. The van der Waals surface area contributed by atoms with Gasteiger partial charge in [-0.25, -0.2) is 0 Å². The lowest BCUT2D eigenvalue weighted by molar-refractivity contribution is 0.0911. The zero-order valence-corrected chi connectivity index (χ0v) is 13.4. The Morgan fingerprint density at radius 3 is 2.38 bits per heavy atom. The average Bonchev–Trinajstić information content (AvgIpc) is 2.47. The van der Waals surface area contributed by atoms with Crippen molar-refractivity contribution in [1.82, 2.24) is 5.32 Å². The number of amides is 1. The lowest BCUT2D eigenvalue weighted by Crippen LogP contribution is -2.42. The van der Waals surface area contributed by atoms with E-state index in [0.717, 1.165) is 37.9 Å². The molecule has 0 aliphatic carbocycles. The maximum Gasteiger partial charge on any atom is 0.251 e. The van der Waals surface area contributed by atoms with Crippen LogP contribution >= 0.6 is 0 Å². The molecule has 0 bridgehead atoms. The molecule has 4 nitrogen and oxygen atoms in total. The number of carbonyl (C=O) groups is 1. The Morgan fingerprint density at radius 1 is 1.14 bits per heavy atom. The predicted octanol–water partition coefficient (Wildman–Crippen LogP) is 3.18. The van der Waals surface area contributed by atoms with Crippen molar-refractivity contribution < 1.29 is 9.90 Å². The molecule has 0 atom stereocenters. The van der Waals surface area contributed by atoms with E-state index in [1.54, 1.807) is 0 Å². The van der Waals surface area contributed by atoms with E-state index in [2.05, 4.69) is 17.6 Å². The SMILES string of the molecule is CCC(C)(C)NC(=O)c1ccc(NCCCCCO)cc1. The maximum atomic E-state index is 12.1. The number of hydrogen-bond donors (Lipinski definition) is 3. The summed E-state index contributed by atoms with van der Waals surface area (Å²) in [6.07, 6.45) is 3.81. The fourth-order valence-electron chi connectivity index (χ4n) is 1.85. The van der Waals surface area contributed by atoms with Crippen LogP contribution in [0.2, 0.25) is 0 Å². The molecule has 4 heteroatoms. The normalized spacial score (nSPS) is 11.2. The van der Waals surface area contributed by atoms with Crippen LogP contribution in [0.25, 0.3) is 0 Å². The monoisotopic (exact) mass is 292 g/mol. The number of carbonyl (C=O) groups excluding carboxylic acids is 1. The summed E-state index contributed by atoms with van der Waals surface area (Å²) in [5.41, 5.74) is 1.52. The number of aliphatic hydroxyl groups is 1. The van der Waals surface area contributed by atoms with Crippen LogP contribution in [0.3, 0.4) is 0 Å². The van der Waals surface area contributed by atoms with Crippen molar-refractivity contribution in [3.8, 4) is 0 Å². The van der Waals surface area contributed by atoms with E-state index in [4.69, 9.17) is 5.11 Å². The Kier molecular flexibility index (Phi) is 7.23. The lowest BCUT2D eigenvalue weighted by atomic mass is 10.0. The average molecular weight is 292 g/mol. The van der Waals surface area contributed by atoms with Crippen molar-refractivity contribution >= 4 is 11.6 Å². The number of hydrogen-bond acceptors (Lipinski definition) is 3. The van der Waals surface area contributed by atoms with Crippen LogP contribution in [-0.2, 0) is 0 Å². The molecule has 0 spiro atoms. The molecule has 21 heavy (non-hydrogen) atoms. The third-order valence-electron chi connectivity index (χ3n) is 3.65. The van der Waals surface area contributed by atoms with Gasteiger partial charge < -0.3 is 15.7 Å². The summed E-state index contributed by atoms with van der Waals surface area (Å²) in [6.45, 7) is 7.25. The van der Waals surface area contributed by atoms with Crippen molar-refractivity contribution in [3.05, 3.63) is 29.8 Å². The van der Waals surface area contributed by atoms with Gasteiger partial charge in [0, 0.05) is 29.9 Å². The zero-order chi connectivity index (χ0) is 15.7. The second-order valence-electron chi connectivity index (χ2n) is 5.98. The maximum absolute atomic E-state index is 12.1. The van der Waals surface area contributed by atoms with Crippen LogP contribution in [0.15, 0.2) is 24.3 Å². The molecule has 118 valence electrons. The summed E-state index contributed by atoms with van der Waals surface area (Å²) >= 11 is 0. The van der Waals surface area contributed by atoms with Crippen molar-refractivity contribution in [2.75, 3.05) is 18.5 Å². The molecule has 0 saturated heterocycles. The van der Waals surface area contributed by atoms with Gasteiger partial charge in [0.25, 0.3) is 5.91 Å².